The molecule has 0 aliphatic rings. The van der Waals surface area contributed by atoms with Gasteiger partial charge in [0.15, 0.2) is 0 Å². The number of aryl methyl sites for hydroxylation is 1. The van der Waals surface area contributed by atoms with E-state index < -0.39 is 11.9 Å². The third-order valence-electron chi connectivity index (χ3n) is 5.88. The Hall–Kier alpha value is -4.63. The summed E-state index contributed by atoms with van der Waals surface area (Å²) in [4.78, 5) is 24.2. The fraction of sp³-hybridized carbons (Fsp3) is 0.167. The average Bonchev–Trinajstić information content (AvgIpc) is 3.22. The lowest BCUT2D eigenvalue weighted by atomic mass is 10.00. The van der Waals surface area contributed by atoms with E-state index >= 15 is 0 Å². The molecule has 4 aromatic rings. The van der Waals surface area contributed by atoms with Crippen LogP contribution in [0.2, 0.25) is 0 Å². The van der Waals surface area contributed by atoms with Gasteiger partial charge in [-0.3, -0.25) is 0 Å². The zero-order valence-corrected chi connectivity index (χ0v) is 20.3. The number of ether oxygens (including phenoxy) is 2. The fourth-order valence-corrected chi connectivity index (χ4v) is 4.20. The van der Waals surface area contributed by atoms with Crippen LogP contribution in [-0.4, -0.2) is 29.7 Å². The number of nitriles is 1. The first-order chi connectivity index (χ1) is 17.4. The molecule has 0 bridgehead atoms. The third kappa shape index (κ3) is 4.91. The second-order valence-electron chi connectivity index (χ2n) is 8.31. The van der Waals surface area contributed by atoms with Crippen molar-refractivity contribution >= 4 is 39.7 Å². The van der Waals surface area contributed by atoms with Gasteiger partial charge in [0, 0.05) is 28.6 Å². The van der Waals surface area contributed by atoms with Crippen LogP contribution in [0, 0.1) is 11.3 Å². The molecular weight excluding hydrogens is 452 g/mol. The molecule has 1 heterocycles. The SMILES string of the molecule is C=C(C)C(=O)OCCOC(=O)/C(C#N)=C/c1c(-c2ccc3ccccc3c2)n(CC)c2ccccc12. The van der Waals surface area contributed by atoms with Crippen LogP contribution in [0.5, 0.6) is 0 Å². The van der Waals surface area contributed by atoms with E-state index in [1.807, 2.05) is 42.5 Å². The third-order valence-corrected chi connectivity index (χ3v) is 5.88. The maximum Gasteiger partial charge on any atom is 0.349 e. The van der Waals surface area contributed by atoms with Crippen molar-refractivity contribution in [2.45, 2.75) is 20.4 Å². The van der Waals surface area contributed by atoms with Crippen molar-refractivity contribution in [2.24, 2.45) is 0 Å². The Morgan fingerprint density at radius 2 is 1.64 bits per heavy atom. The molecule has 0 saturated carbocycles. The predicted molar refractivity (Wildman–Crippen MR) is 141 cm³/mol. The Morgan fingerprint density at radius 1 is 0.972 bits per heavy atom. The molecule has 0 atom stereocenters. The van der Waals surface area contributed by atoms with Crippen molar-refractivity contribution < 1.29 is 19.1 Å². The summed E-state index contributed by atoms with van der Waals surface area (Å²) in [7, 11) is 0. The fourth-order valence-electron chi connectivity index (χ4n) is 4.20. The molecule has 0 spiro atoms. The lowest BCUT2D eigenvalue weighted by molar-refractivity contribution is -0.147. The van der Waals surface area contributed by atoms with Crippen molar-refractivity contribution in [1.29, 1.82) is 5.26 Å². The van der Waals surface area contributed by atoms with Gasteiger partial charge in [0.25, 0.3) is 0 Å². The van der Waals surface area contributed by atoms with Crippen LogP contribution in [0.1, 0.15) is 19.4 Å². The Bertz CT molecular complexity index is 1550. The van der Waals surface area contributed by atoms with Gasteiger partial charge in [0.05, 0.1) is 5.69 Å². The second kappa shape index (κ2) is 10.7. The molecule has 6 nitrogen and oxygen atoms in total. The summed E-state index contributed by atoms with van der Waals surface area (Å²) in [6, 6.07) is 24.3. The minimum Gasteiger partial charge on any atom is -0.459 e. The van der Waals surface area contributed by atoms with Crippen molar-refractivity contribution in [2.75, 3.05) is 13.2 Å². The number of aromatic nitrogens is 1. The van der Waals surface area contributed by atoms with Crippen molar-refractivity contribution in [3.05, 3.63) is 90.0 Å². The Labute approximate surface area is 209 Å². The van der Waals surface area contributed by atoms with Crippen LogP contribution in [0.15, 0.2) is 84.5 Å². The summed E-state index contributed by atoms with van der Waals surface area (Å²) >= 11 is 0. The average molecular weight is 479 g/mol. The number of rotatable bonds is 8. The molecular formula is C30H26N2O4. The number of para-hydroxylation sites is 1. The number of hydrogen-bond acceptors (Lipinski definition) is 5. The molecule has 0 aliphatic heterocycles. The number of carbonyl (C=O) groups excluding carboxylic acids is 2. The first kappa shape index (κ1) is 24.5. The molecule has 4 rings (SSSR count). The normalized spacial score (nSPS) is 11.3. The Morgan fingerprint density at radius 3 is 2.33 bits per heavy atom. The summed E-state index contributed by atoms with van der Waals surface area (Å²) in [5.74, 6) is -1.34. The van der Waals surface area contributed by atoms with Crippen LogP contribution in [-0.2, 0) is 25.6 Å². The van der Waals surface area contributed by atoms with Crippen molar-refractivity contribution in [3.8, 4) is 17.3 Å². The molecule has 0 N–H and O–H groups in total. The lowest BCUT2D eigenvalue weighted by Crippen LogP contribution is -2.15. The number of carbonyl (C=O) groups is 2. The largest absolute Gasteiger partial charge is 0.459 e. The van der Waals surface area contributed by atoms with Crippen LogP contribution in [0.25, 0.3) is 39.0 Å². The summed E-state index contributed by atoms with van der Waals surface area (Å²) in [5.41, 5.74) is 3.79. The molecule has 0 amide bonds. The molecule has 36 heavy (non-hydrogen) atoms. The van der Waals surface area contributed by atoms with Gasteiger partial charge in [0.2, 0.25) is 0 Å². The monoisotopic (exact) mass is 478 g/mol. The Kier molecular flexibility index (Phi) is 7.31. The standard InChI is InChI=1S/C30H26N2O4/c1-4-32-27-12-8-7-11-25(27)26(28(32)23-14-13-21-9-5-6-10-22(21)17-23)18-24(19-31)30(34)36-16-15-35-29(33)20(2)3/h5-14,17-18H,2,4,15-16H2,1,3H3/b24-18+. The highest BCUT2D eigenvalue weighted by Gasteiger charge is 2.20. The zero-order valence-electron chi connectivity index (χ0n) is 20.3. The van der Waals surface area contributed by atoms with Crippen LogP contribution >= 0.6 is 0 Å². The van der Waals surface area contributed by atoms with Gasteiger partial charge in [-0.1, -0.05) is 61.2 Å². The first-order valence-electron chi connectivity index (χ1n) is 11.7. The quantitative estimate of drug-likeness (QED) is 0.133. The zero-order chi connectivity index (χ0) is 25.7. The van der Waals surface area contributed by atoms with Gasteiger partial charge in [-0.2, -0.15) is 5.26 Å². The minimum atomic E-state index is -0.776. The number of hydrogen-bond donors (Lipinski definition) is 0. The van der Waals surface area contributed by atoms with Gasteiger partial charge >= 0.3 is 11.9 Å². The molecule has 180 valence electrons. The van der Waals surface area contributed by atoms with Gasteiger partial charge in [-0.05, 0) is 48.4 Å². The van der Waals surface area contributed by atoms with E-state index in [-0.39, 0.29) is 24.4 Å². The molecule has 1 aromatic heterocycles. The van der Waals surface area contributed by atoms with E-state index in [0.717, 1.165) is 38.5 Å². The van der Waals surface area contributed by atoms with E-state index in [2.05, 4.69) is 48.4 Å². The van der Waals surface area contributed by atoms with Crippen LogP contribution in [0.3, 0.4) is 0 Å². The molecule has 0 aliphatic carbocycles. The van der Waals surface area contributed by atoms with Gasteiger partial charge < -0.3 is 14.0 Å². The molecule has 0 unspecified atom stereocenters. The van der Waals surface area contributed by atoms with E-state index in [9.17, 15) is 14.9 Å². The molecule has 6 heteroatoms. The number of esters is 2. The maximum atomic E-state index is 12.7. The number of nitrogens with zero attached hydrogens (tertiary/aromatic N) is 2. The number of benzene rings is 3. The summed E-state index contributed by atoms with van der Waals surface area (Å²) < 4.78 is 12.3. The Balaban J connectivity index is 1.75. The highest BCUT2D eigenvalue weighted by Crippen LogP contribution is 2.36. The summed E-state index contributed by atoms with van der Waals surface area (Å²) in [6.45, 7) is 7.53. The van der Waals surface area contributed by atoms with Crippen molar-refractivity contribution in [1.82, 2.24) is 4.57 Å². The van der Waals surface area contributed by atoms with E-state index in [4.69, 9.17) is 9.47 Å². The van der Waals surface area contributed by atoms with E-state index in [0.29, 0.717) is 6.54 Å². The summed E-state index contributed by atoms with van der Waals surface area (Å²) in [5, 5.41) is 13.0. The molecule has 0 radical (unpaired) electrons. The minimum absolute atomic E-state index is 0.117. The van der Waals surface area contributed by atoms with E-state index in [1.54, 1.807) is 6.08 Å². The smallest absolute Gasteiger partial charge is 0.349 e. The summed E-state index contributed by atoms with van der Waals surface area (Å²) in [6.07, 6.45) is 1.58. The highest BCUT2D eigenvalue weighted by molar-refractivity contribution is 6.05. The number of fused-ring (bicyclic) bond motifs is 2. The topological polar surface area (TPSA) is 81.3 Å². The van der Waals surface area contributed by atoms with E-state index in [1.165, 1.54) is 6.92 Å². The van der Waals surface area contributed by atoms with Gasteiger partial charge in [-0.15, -0.1) is 0 Å². The van der Waals surface area contributed by atoms with Gasteiger partial charge in [0.1, 0.15) is 24.9 Å². The second-order valence-corrected chi connectivity index (χ2v) is 8.31. The van der Waals surface area contributed by atoms with Crippen LogP contribution < -0.4 is 0 Å². The van der Waals surface area contributed by atoms with Crippen molar-refractivity contribution in [3.63, 3.8) is 0 Å². The van der Waals surface area contributed by atoms with Gasteiger partial charge in [-0.25, -0.2) is 9.59 Å². The lowest BCUT2D eigenvalue weighted by Gasteiger charge is -2.11. The maximum absolute atomic E-state index is 12.7. The first-order valence-corrected chi connectivity index (χ1v) is 11.7. The van der Waals surface area contributed by atoms with Crippen LogP contribution in [0.4, 0.5) is 0 Å². The molecule has 3 aromatic carbocycles. The predicted octanol–water partition coefficient (Wildman–Crippen LogP) is 6.05. The highest BCUT2D eigenvalue weighted by atomic mass is 16.6. The molecule has 0 fully saturated rings. The molecule has 0 saturated heterocycles.